The number of hydrogen-bond acceptors (Lipinski definition) is 5. The highest BCUT2D eigenvalue weighted by Crippen LogP contribution is 2.36. The Labute approximate surface area is 120 Å². The molecule has 0 fully saturated rings. The summed E-state index contributed by atoms with van der Waals surface area (Å²) in [4.78, 5) is 1.69. The first-order valence-electron chi connectivity index (χ1n) is 5.75. The van der Waals surface area contributed by atoms with Gasteiger partial charge in [-0.2, -0.15) is 0 Å². The molecule has 5 nitrogen and oxygen atoms in total. The molecule has 1 aliphatic rings. The van der Waals surface area contributed by atoms with Crippen LogP contribution in [0.5, 0.6) is 0 Å². The third-order valence-corrected chi connectivity index (χ3v) is 3.53. The molecule has 1 atom stereocenters. The Morgan fingerprint density at radius 1 is 1.42 bits per heavy atom. The highest BCUT2D eigenvalue weighted by Gasteiger charge is 2.29. The molecule has 2 N–H and O–H groups in total. The third kappa shape index (κ3) is 2.76. The Kier molecular flexibility index (Phi) is 4.46. The number of aliphatic hydroxyl groups excluding tert-OH is 2. The molecule has 19 heavy (non-hydrogen) atoms. The quantitative estimate of drug-likeness (QED) is 0.654. The van der Waals surface area contributed by atoms with E-state index in [1.54, 1.807) is 18.0 Å². The van der Waals surface area contributed by atoms with Gasteiger partial charge >= 0.3 is 0 Å². The van der Waals surface area contributed by atoms with Gasteiger partial charge in [-0.05, 0) is 18.2 Å². The van der Waals surface area contributed by atoms with Crippen LogP contribution in [-0.4, -0.2) is 44.0 Å². The molecule has 104 valence electrons. The van der Waals surface area contributed by atoms with Crippen LogP contribution in [0.3, 0.4) is 0 Å². The minimum atomic E-state index is -0.918. The summed E-state index contributed by atoms with van der Waals surface area (Å²) in [5.41, 5.74) is 1.86. The molecule has 1 aromatic rings. The average Bonchev–Trinajstić information content (AvgIpc) is 2.40. The average molecular weight is 330 g/mol. The van der Waals surface area contributed by atoms with E-state index in [0.29, 0.717) is 11.1 Å². The number of benzene rings is 1. The molecule has 0 saturated carbocycles. The molecule has 0 bridgehead atoms. The summed E-state index contributed by atoms with van der Waals surface area (Å²) in [5, 5.41) is 20.5. The molecule has 1 aromatic carbocycles. The largest absolute Gasteiger partial charge is 0.507 e. The lowest BCUT2D eigenvalue weighted by molar-refractivity contribution is -0.0256. The van der Waals surface area contributed by atoms with Crippen LogP contribution >= 0.6 is 15.9 Å². The van der Waals surface area contributed by atoms with Crippen LogP contribution in [0.25, 0.3) is 5.76 Å². The van der Waals surface area contributed by atoms with Crippen molar-refractivity contribution >= 4 is 27.4 Å². The van der Waals surface area contributed by atoms with Crippen LogP contribution < -0.4 is 4.90 Å². The monoisotopic (exact) mass is 329 g/mol. The minimum Gasteiger partial charge on any atom is -0.507 e. The van der Waals surface area contributed by atoms with Gasteiger partial charge < -0.3 is 24.6 Å². The standard InChI is InChI=1S/C13H16BrNO4/c1-15-11-5-8(14)3-4-9(11)12(16)10(13(15)17)6-19-7-18-2/h3-5,13,16-17H,6-7H2,1-2H3. The fraction of sp³-hybridized carbons (Fsp3) is 0.385. The summed E-state index contributed by atoms with van der Waals surface area (Å²) in [6, 6.07) is 5.49. The van der Waals surface area contributed by atoms with Gasteiger partial charge in [-0.1, -0.05) is 15.9 Å². The molecule has 1 heterocycles. The minimum absolute atomic E-state index is 0.0594. The SMILES string of the molecule is COCOCC1=C(O)c2ccc(Br)cc2N(C)C1O. The number of fused-ring (bicyclic) bond motifs is 1. The molecular weight excluding hydrogens is 314 g/mol. The topological polar surface area (TPSA) is 62.2 Å². The summed E-state index contributed by atoms with van der Waals surface area (Å²) in [6.45, 7) is 0.223. The van der Waals surface area contributed by atoms with Gasteiger partial charge in [0.25, 0.3) is 0 Å². The lowest BCUT2D eigenvalue weighted by atomic mass is 10.00. The second kappa shape index (κ2) is 5.92. The van der Waals surface area contributed by atoms with Crippen LogP contribution in [0.15, 0.2) is 28.2 Å². The van der Waals surface area contributed by atoms with Crippen molar-refractivity contribution in [3.8, 4) is 0 Å². The first kappa shape index (κ1) is 14.3. The van der Waals surface area contributed by atoms with Crippen molar-refractivity contribution in [2.24, 2.45) is 0 Å². The van der Waals surface area contributed by atoms with Gasteiger partial charge in [0.05, 0.1) is 12.3 Å². The van der Waals surface area contributed by atoms with E-state index in [9.17, 15) is 10.2 Å². The lowest BCUT2D eigenvalue weighted by Gasteiger charge is -2.34. The summed E-state index contributed by atoms with van der Waals surface area (Å²) < 4.78 is 10.9. The predicted octanol–water partition coefficient (Wildman–Crippen LogP) is 2.11. The number of likely N-dealkylation sites (N-methyl/N-ethyl adjacent to an activating group) is 1. The third-order valence-electron chi connectivity index (χ3n) is 3.04. The predicted molar refractivity (Wildman–Crippen MR) is 75.9 cm³/mol. The van der Waals surface area contributed by atoms with Gasteiger partial charge in [-0.15, -0.1) is 0 Å². The van der Waals surface area contributed by atoms with E-state index in [0.717, 1.165) is 10.2 Å². The summed E-state index contributed by atoms with van der Waals surface area (Å²) in [5.74, 6) is 0.0594. The molecular formula is C13H16BrNO4. The van der Waals surface area contributed by atoms with Crippen molar-refractivity contribution in [2.75, 3.05) is 32.5 Å². The number of hydrogen-bond donors (Lipinski definition) is 2. The molecule has 2 rings (SSSR count). The summed E-state index contributed by atoms with van der Waals surface area (Å²) in [7, 11) is 3.28. The maximum absolute atomic E-state index is 10.3. The van der Waals surface area contributed by atoms with Crippen molar-refractivity contribution in [3.63, 3.8) is 0 Å². The van der Waals surface area contributed by atoms with Crippen LogP contribution in [-0.2, 0) is 9.47 Å². The molecule has 1 aliphatic heterocycles. The normalized spacial score (nSPS) is 18.7. The number of ether oxygens (including phenoxy) is 2. The number of methoxy groups -OCH3 is 1. The zero-order valence-corrected chi connectivity index (χ0v) is 12.3. The van der Waals surface area contributed by atoms with Gasteiger partial charge in [-0.3, -0.25) is 0 Å². The van der Waals surface area contributed by atoms with Crippen molar-refractivity contribution < 1.29 is 19.7 Å². The first-order valence-corrected chi connectivity index (χ1v) is 6.55. The van der Waals surface area contributed by atoms with E-state index in [2.05, 4.69) is 15.9 Å². The van der Waals surface area contributed by atoms with Gasteiger partial charge in [0.2, 0.25) is 0 Å². The lowest BCUT2D eigenvalue weighted by Crippen LogP contribution is -2.38. The molecule has 1 unspecified atom stereocenters. The van der Waals surface area contributed by atoms with E-state index in [1.807, 2.05) is 12.1 Å². The molecule has 0 aromatic heterocycles. The molecule has 6 heteroatoms. The number of nitrogens with zero attached hydrogens (tertiary/aromatic N) is 1. The highest BCUT2D eigenvalue weighted by molar-refractivity contribution is 9.10. The maximum Gasteiger partial charge on any atom is 0.155 e. The maximum atomic E-state index is 10.3. The van der Waals surface area contributed by atoms with Crippen molar-refractivity contribution in [2.45, 2.75) is 6.23 Å². The Morgan fingerprint density at radius 3 is 2.84 bits per heavy atom. The fourth-order valence-corrected chi connectivity index (χ4v) is 2.38. The Balaban J connectivity index is 2.37. The fourth-order valence-electron chi connectivity index (χ4n) is 2.04. The molecule has 0 radical (unpaired) electrons. The van der Waals surface area contributed by atoms with Crippen molar-refractivity contribution in [3.05, 3.63) is 33.8 Å². The van der Waals surface area contributed by atoms with Crippen molar-refractivity contribution in [1.29, 1.82) is 0 Å². The van der Waals surface area contributed by atoms with Crippen LogP contribution in [0.1, 0.15) is 5.56 Å². The van der Waals surface area contributed by atoms with Gasteiger partial charge in [0, 0.05) is 29.8 Å². The van der Waals surface area contributed by atoms with E-state index in [4.69, 9.17) is 9.47 Å². The number of halogens is 1. The van der Waals surface area contributed by atoms with Gasteiger partial charge in [-0.25, -0.2) is 0 Å². The van der Waals surface area contributed by atoms with E-state index >= 15 is 0 Å². The second-order valence-corrected chi connectivity index (χ2v) is 5.19. The molecule has 0 amide bonds. The smallest absolute Gasteiger partial charge is 0.155 e. The molecule has 0 aliphatic carbocycles. The Bertz CT molecular complexity index is 503. The van der Waals surface area contributed by atoms with Gasteiger partial charge in [0.1, 0.15) is 12.6 Å². The van der Waals surface area contributed by atoms with Crippen LogP contribution in [0, 0.1) is 0 Å². The Morgan fingerprint density at radius 2 is 2.16 bits per heavy atom. The highest BCUT2D eigenvalue weighted by atomic mass is 79.9. The summed E-state index contributed by atoms with van der Waals surface area (Å²) in [6.07, 6.45) is -0.918. The first-order chi connectivity index (χ1) is 9.06. The number of rotatable bonds is 4. The molecule has 0 spiro atoms. The number of anilines is 1. The van der Waals surface area contributed by atoms with E-state index in [1.165, 1.54) is 7.11 Å². The number of aliphatic hydroxyl groups is 2. The Hall–Kier alpha value is -1.08. The van der Waals surface area contributed by atoms with E-state index < -0.39 is 6.23 Å². The zero-order valence-electron chi connectivity index (χ0n) is 10.8. The van der Waals surface area contributed by atoms with Crippen LogP contribution in [0.4, 0.5) is 5.69 Å². The molecule has 0 saturated heterocycles. The van der Waals surface area contributed by atoms with E-state index in [-0.39, 0.29) is 19.2 Å². The zero-order chi connectivity index (χ0) is 14.0. The van der Waals surface area contributed by atoms with Crippen molar-refractivity contribution in [1.82, 2.24) is 0 Å². The van der Waals surface area contributed by atoms with Gasteiger partial charge in [0.15, 0.2) is 6.23 Å². The summed E-state index contributed by atoms with van der Waals surface area (Å²) >= 11 is 3.38. The van der Waals surface area contributed by atoms with Crippen LogP contribution in [0.2, 0.25) is 0 Å². The second-order valence-electron chi connectivity index (χ2n) is 4.27.